The van der Waals surface area contributed by atoms with E-state index in [1.165, 1.54) is 17.3 Å². The second-order valence-electron chi connectivity index (χ2n) is 6.65. The number of hydrogen-bond donors (Lipinski definition) is 2. The van der Waals surface area contributed by atoms with Gasteiger partial charge < -0.3 is 10.2 Å². The Morgan fingerprint density at radius 3 is 2.68 bits per heavy atom. The first-order valence-electron chi connectivity index (χ1n) is 8.97. The molecular formula is C21H18N4O3. The first kappa shape index (κ1) is 17.6. The van der Waals surface area contributed by atoms with Gasteiger partial charge in [0.25, 0.3) is 0 Å². The summed E-state index contributed by atoms with van der Waals surface area (Å²) in [5, 5.41) is 11.2. The number of carbonyl (C=O) groups is 2. The van der Waals surface area contributed by atoms with Gasteiger partial charge >= 0.3 is 5.91 Å². The second kappa shape index (κ2) is 7.08. The fraction of sp³-hybridized carbons (Fsp3) is 0.190. The van der Waals surface area contributed by atoms with Crippen molar-refractivity contribution in [1.82, 2.24) is 10.4 Å². The molecule has 0 saturated carbocycles. The molecule has 1 aromatic carbocycles. The molecule has 1 aliphatic heterocycles. The Morgan fingerprint density at radius 2 is 2.00 bits per heavy atom. The van der Waals surface area contributed by atoms with Crippen LogP contribution in [0.25, 0.3) is 0 Å². The molecule has 0 spiro atoms. The van der Waals surface area contributed by atoms with E-state index >= 15 is 0 Å². The van der Waals surface area contributed by atoms with E-state index in [1.807, 2.05) is 30.3 Å². The lowest BCUT2D eigenvalue weighted by Gasteiger charge is -2.39. The number of benzene rings is 1. The van der Waals surface area contributed by atoms with Gasteiger partial charge in [-0.2, -0.15) is 5.26 Å². The Balaban J connectivity index is 1.83. The number of hydrazine groups is 1. The Morgan fingerprint density at radius 1 is 1.21 bits per heavy atom. The Kier molecular flexibility index (Phi) is 4.45. The van der Waals surface area contributed by atoms with Gasteiger partial charge in [0.2, 0.25) is 0 Å². The molecular weight excluding hydrogens is 356 g/mol. The maximum atomic E-state index is 12.9. The van der Waals surface area contributed by atoms with E-state index in [0.717, 1.165) is 5.56 Å². The zero-order valence-electron chi connectivity index (χ0n) is 15.0. The number of nitrogens with one attached hydrogen (secondary N) is 1. The van der Waals surface area contributed by atoms with Gasteiger partial charge in [0.1, 0.15) is 5.82 Å². The highest BCUT2D eigenvalue weighted by Crippen LogP contribution is 2.43. The summed E-state index contributed by atoms with van der Waals surface area (Å²) < 4.78 is 5.13. The molecule has 0 saturated heterocycles. The van der Waals surface area contributed by atoms with Crippen molar-refractivity contribution in [2.75, 3.05) is 0 Å². The topological polar surface area (TPSA) is 112 Å². The molecule has 7 nitrogen and oxygen atoms in total. The van der Waals surface area contributed by atoms with Crippen molar-refractivity contribution in [2.24, 2.45) is 5.73 Å². The fourth-order valence-electron chi connectivity index (χ4n) is 3.76. The first-order chi connectivity index (χ1) is 13.6. The van der Waals surface area contributed by atoms with Gasteiger partial charge in [-0.3, -0.25) is 15.0 Å². The number of Topliss-reactive ketones (excluding diaryl/α,β-unsaturated/α-hetero) is 1. The molecule has 1 aliphatic carbocycles. The van der Waals surface area contributed by atoms with Crippen molar-refractivity contribution in [3.8, 4) is 6.07 Å². The standard InChI is InChI=1S/C21H18N4O3/c22-12-14-18(13-6-2-1-3-7-13)19-15(8-4-9-16(19)26)25(20(14)23)24-21(27)17-10-5-11-28-17/h1-3,5-7,10-11,18H,4,8-9,23H2,(H,24,27). The minimum atomic E-state index is -0.536. The quantitative estimate of drug-likeness (QED) is 0.854. The average molecular weight is 374 g/mol. The van der Waals surface area contributed by atoms with Gasteiger partial charge in [-0.15, -0.1) is 0 Å². The van der Waals surface area contributed by atoms with Gasteiger partial charge in [-0.05, 0) is 30.5 Å². The van der Waals surface area contributed by atoms with Crippen LogP contribution in [0.4, 0.5) is 0 Å². The van der Waals surface area contributed by atoms with Crippen molar-refractivity contribution in [2.45, 2.75) is 25.2 Å². The lowest BCUT2D eigenvalue weighted by Crippen LogP contribution is -2.48. The molecule has 28 heavy (non-hydrogen) atoms. The Bertz CT molecular complexity index is 1030. The van der Waals surface area contributed by atoms with Gasteiger partial charge in [0.15, 0.2) is 11.5 Å². The first-order valence-corrected chi connectivity index (χ1v) is 8.97. The predicted molar refractivity (Wildman–Crippen MR) is 99.9 cm³/mol. The molecule has 140 valence electrons. The molecule has 2 aliphatic rings. The van der Waals surface area contributed by atoms with Crippen molar-refractivity contribution in [3.05, 3.63) is 82.7 Å². The van der Waals surface area contributed by atoms with E-state index in [-0.39, 0.29) is 22.9 Å². The lowest BCUT2D eigenvalue weighted by molar-refractivity contribution is -0.116. The molecule has 0 bridgehead atoms. The summed E-state index contributed by atoms with van der Waals surface area (Å²) in [5.74, 6) is -0.850. The minimum absolute atomic E-state index is 0.0346. The molecule has 1 amide bonds. The summed E-state index contributed by atoms with van der Waals surface area (Å²) in [6.07, 6.45) is 3.02. The van der Waals surface area contributed by atoms with Crippen LogP contribution >= 0.6 is 0 Å². The smallest absolute Gasteiger partial charge is 0.305 e. The van der Waals surface area contributed by atoms with Gasteiger partial charge in [-0.25, -0.2) is 5.01 Å². The number of furan rings is 1. The van der Waals surface area contributed by atoms with E-state index in [2.05, 4.69) is 11.5 Å². The van der Waals surface area contributed by atoms with Crippen molar-refractivity contribution >= 4 is 11.7 Å². The number of nitrogens with zero attached hydrogens (tertiary/aromatic N) is 2. The largest absolute Gasteiger partial charge is 0.459 e. The van der Waals surface area contributed by atoms with Crippen LogP contribution in [0.15, 0.2) is 75.8 Å². The summed E-state index contributed by atoms with van der Waals surface area (Å²) in [7, 11) is 0. The number of rotatable bonds is 3. The number of nitriles is 1. The van der Waals surface area contributed by atoms with Crippen LogP contribution in [-0.2, 0) is 4.79 Å². The number of allylic oxidation sites excluding steroid dienone is 3. The average Bonchev–Trinajstić information content (AvgIpc) is 3.25. The predicted octanol–water partition coefficient (Wildman–Crippen LogP) is 2.72. The van der Waals surface area contributed by atoms with E-state index in [4.69, 9.17) is 10.2 Å². The highest BCUT2D eigenvalue weighted by atomic mass is 16.3. The van der Waals surface area contributed by atoms with Crippen molar-refractivity contribution in [3.63, 3.8) is 0 Å². The summed E-state index contributed by atoms with van der Waals surface area (Å²) in [6, 6.07) is 14.6. The van der Waals surface area contributed by atoms with Crippen molar-refractivity contribution in [1.29, 1.82) is 5.26 Å². The molecule has 1 atom stereocenters. The normalized spacial score (nSPS) is 19.3. The third-order valence-corrected chi connectivity index (χ3v) is 5.00. The number of amides is 1. The van der Waals surface area contributed by atoms with Crippen LogP contribution in [-0.4, -0.2) is 16.7 Å². The lowest BCUT2D eigenvalue weighted by atomic mass is 9.76. The van der Waals surface area contributed by atoms with E-state index < -0.39 is 11.8 Å². The van der Waals surface area contributed by atoms with E-state index in [0.29, 0.717) is 30.5 Å². The SMILES string of the molecule is N#CC1=C(N)N(NC(=O)c2ccco2)C2=C(C(=O)CCC2)C1c1ccccc1. The number of carbonyl (C=O) groups excluding carboxylic acids is 2. The van der Waals surface area contributed by atoms with Crippen molar-refractivity contribution < 1.29 is 14.0 Å². The van der Waals surface area contributed by atoms with E-state index in [9.17, 15) is 14.9 Å². The Hall–Kier alpha value is -3.79. The van der Waals surface area contributed by atoms with E-state index in [1.54, 1.807) is 6.07 Å². The van der Waals surface area contributed by atoms with Crippen LogP contribution < -0.4 is 11.2 Å². The molecule has 0 radical (unpaired) electrons. The van der Waals surface area contributed by atoms with Crippen LogP contribution in [0.1, 0.15) is 41.3 Å². The van der Waals surface area contributed by atoms with Crippen LogP contribution in [0.2, 0.25) is 0 Å². The van der Waals surface area contributed by atoms with Crippen LogP contribution in [0.3, 0.4) is 0 Å². The molecule has 2 heterocycles. The zero-order valence-corrected chi connectivity index (χ0v) is 15.0. The van der Waals surface area contributed by atoms with Gasteiger partial charge in [-0.1, -0.05) is 30.3 Å². The van der Waals surface area contributed by atoms with Gasteiger partial charge in [0, 0.05) is 17.7 Å². The monoisotopic (exact) mass is 374 g/mol. The maximum Gasteiger partial charge on any atom is 0.305 e. The molecule has 1 unspecified atom stereocenters. The highest BCUT2D eigenvalue weighted by Gasteiger charge is 2.40. The number of nitrogens with two attached hydrogens (primary N) is 1. The fourth-order valence-corrected chi connectivity index (χ4v) is 3.76. The van der Waals surface area contributed by atoms with Gasteiger partial charge in [0.05, 0.1) is 23.8 Å². The Labute approximate surface area is 161 Å². The summed E-state index contributed by atoms with van der Waals surface area (Å²) in [4.78, 5) is 25.4. The number of ketones is 1. The molecule has 4 rings (SSSR count). The minimum Gasteiger partial charge on any atom is -0.459 e. The van der Waals surface area contributed by atoms with Crippen LogP contribution in [0.5, 0.6) is 0 Å². The second-order valence-corrected chi connectivity index (χ2v) is 6.65. The molecule has 2 aromatic rings. The molecule has 3 N–H and O–H groups in total. The highest BCUT2D eigenvalue weighted by molar-refractivity contribution is 6.00. The maximum absolute atomic E-state index is 12.9. The molecule has 7 heteroatoms. The molecule has 1 aromatic heterocycles. The summed E-state index contributed by atoms with van der Waals surface area (Å²) in [5.41, 5.74) is 11.2. The summed E-state index contributed by atoms with van der Waals surface area (Å²) in [6.45, 7) is 0. The molecule has 0 fully saturated rings. The van der Waals surface area contributed by atoms with Crippen LogP contribution in [0, 0.1) is 11.3 Å². The number of hydrogen-bond acceptors (Lipinski definition) is 6. The summed E-state index contributed by atoms with van der Waals surface area (Å²) >= 11 is 0. The third kappa shape index (κ3) is 2.85. The third-order valence-electron chi connectivity index (χ3n) is 5.00. The zero-order chi connectivity index (χ0) is 19.7.